The minimum Gasteiger partial charge on any atom is -0.255 e. The van der Waals surface area contributed by atoms with E-state index in [-0.39, 0.29) is 0 Å². The van der Waals surface area contributed by atoms with Gasteiger partial charge in [0.25, 0.3) is 0 Å². The summed E-state index contributed by atoms with van der Waals surface area (Å²) in [5, 5.41) is 1.21. The van der Waals surface area contributed by atoms with Gasteiger partial charge in [-0.05, 0) is 36.1 Å². The van der Waals surface area contributed by atoms with E-state index in [1.165, 1.54) is 16.5 Å². The highest BCUT2D eigenvalue weighted by molar-refractivity contribution is 7.80. The van der Waals surface area contributed by atoms with Gasteiger partial charge in [-0.2, -0.15) is 0 Å². The van der Waals surface area contributed by atoms with Crippen molar-refractivity contribution in [1.82, 2.24) is 4.98 Å². The Bertz CT molecular complexity index is 692. The van der Waals surface area contributed by atoms with E-state index in [0.29, 0.717) is 0 Å². The lowest BCUT2D eigenvalue weighted by Crippen LogP contribution is -1.94. The predicted octanol–water partition coefficient (Wildman–Crippen LogP) is 4.31. The maximum Gasteiger partial charge on any atom is 0.0837 e. The van der Waals surface area contributed by atoms with Crippen LogP contribution in [0.3, 0.4) is 0 Å². The molecular weight excluding hydrogens is 250 g/mol. The van der Waals surface area contributed by atoms with Crippen molar-refractivity contribution in [3.05, 3.63) is 71.9 Å². The SMILES string of the molecule is Sc1cccc2c(CCc3ccccc3)ccnc12. The monoisotopic (exact) mass is 265 g/mol. The lowest BCUT2D eigenvalue weighted by molar-refractivity contribution is 0.966. The van der Waals surface area contributed by atoms with Crippen LogP contribution in [-0.2, 0) is 12.8 Å². The summed E-state index contributed by atoms with van der Waals surface area (Å²) in [6.07, 6.45) is 3.96. The molecule has 0 radical (unpaired) electrons. The zero-order chi connectivity index (χ0) is 13.1. The highest BCUT2D eigenvalue weighted by atomic mass is 32.1. The van der Waals surface area contributed by atoms with E-state index in [2.05, 4.69) is 60.1 Å². The van der Waals surface area contributed by atoms with Crippen LogP contribution in [0.25, 0.3) is 10.9 Å². The first-order valence-electron chi connectivity index (χ1n) is 6.44. The Balaban J connectivity index is 1.91. The Morgan fingerprint density at radius 1 is 0.842 bits per heavy atom. The normalized spacial score (nSPS) is 10.8. The summed E-state index contributed by atoms with van der Waals surface area (Å²) >= 11 is 4.47. The number of pyridine rings is 1. The maximum absolute atomic E-state index is 4.47. The molecule has 0 unspecified atom stereocenters. The van der Waals surface area contributed by atoms with Crippen molar-refractivity contribution >= 4 is 23.5 Å². The fraction of sp³-hybridized carbons (Fsp3) is 0.118. The Kier molecular flexibility index (Phi) is 3.51. The molecule has 1 heterocycles. The van der Waals surface area contributed by atoms with Crippen molar-refractivity contribution in [2.75, 3.05) is 0 Å². The Morgan fingerprint density at radius 3 is 2.53 bits per heavy atom. The molecule has 2 aromatic carbocycles. The summed E-state index contributed by atoms with van der Waals surface area (Å²) in [6, 6.07) is 18.8. The molecule has 0 bridgehead atoms. The molecule has 3 aromatic rings. The van der Waals surface area contributed by atoms with Crippen LogP contribution in [-0.4, -0.2) is 4.98 Å². The number of thiol groups is 1. The third kappa shape index (κ3) is 2.64. The fourth-order valence-electron chi connectivity index (χ4n) is 2.36. The molecule has 94 valence electrons. The van der Waals surface area contributed by atoms with Crippen molar-refractivity contribution in [2.24, 2.45) is 0 Å². The van der Waals surface area contributed by atoms with E-state index in [0.717, 1.165) is 23.3 Å². The van der Waals surface area contributed by atoms with Gasteiger partial charge < -0.3 is 0 Å². The summed E-state index contributed by atoms with van der Waals surface area (Å²) < 4.78 is 0. The number of rotatable bonds is 3. The number of nitrogens with zero attached hydrogens (tertiary/aromatic N) is 1. The second kappa shape index (κ2) is 5.45. The van der Waals surface area contributed by atoms with E-state index in [4.69, 9.17) is 0 Å². The van der Waals surface area contributed by atoms with Crippen molar-refractivity contribution in [1.29, 1.82) is 0 Å². The summed E-state index contributed by atoms with van der Waals surface area (Å²) in [5.74, 6) is 0. The molecular formula is C17H15NS. The molecule has 3 rings (SSSR count). The first-order chi connectivity index (χ1) is 9.34. The number of benzene rings is 2. The molecule has 0 N–H and O–H groups in total. The molecule has 0 aliphatic carbocycles. The zero-order valence-corrected chi connectivity index (χ0v) is 11.5. The van der Waals surface area contributed by atoms with Gasteiger partial charge >= 0.3 is 0 Å². The van der Waals surface area contributed by atoms with Crippen LogP contribution < -0.4 is 0 Å². The zero-order valence-electron chi connectivity index (χ0n) is 10.6. The Labute approximate surface area is 118 Å². The molecule has 0 spiro atoms. The first kappa shape index (κ1) is 12.2. The molecule has 19 heavy (non-hydrogen) atoms. The van der Waals surface area contributed by atoms with Crippen molar-refractivity contribution in [3.63, 3.8) is 0 Å². The van der Waals surface area contributed by atoms with Gasteiger partial charge in [0, 0.05) is 16.5 Å². The van der Waals surface area contributed by atoms with E-state index in [9.17, 15) is 0 Å². The molecule has 0 aliphatic heterocycles. The van der Waals surface area contributed by atoms with Crippen LogP contribution in [0, 0.1) is 0 Å². The molecule has 1 aromatic heterocycles. The molecule has 0 fully saturated rings. The van der Waals surface area contributed by atoms with Crippen LogP contribution in [0.2, 0.25) is 0 Å². The van der Waals surface area contributed by atoms with Gasteiger partial charge in [-0.15, -0.1) is 12.6 Å². The Morgan fingerprint density at radius 2 is 1.68 bits per heavy atom. The van der Waals surface area contributed by atoms with E-state index < -0.39 is 0 Å². The summed E-state index contributed by atoms with van der Waals surface area (Å²) in [4.78, 5) is 5.36. The van der Waals surface area contributed by atoms with Crippen LogP contribution >= 0.6 is 12.6 Å². The van der Waals surface area contributed by atoms with Gasteiger partial charge in [-0.1, -0.05) is 42.5 Å². The summed E-state index contributed by atoms with van der Waals surface area (Å²) in [5.41, 5.74) is 3.70. The Hall–Kier alpha value is -1.80. The summed E-state index contributed by atoms with van der Waals surface area (Å²) in [7, 11) is 0. The number of hydrogen-bond acceptors (Lipinski definition) is 2. The quantitative estimate of drug-likeness (QED) is 0.696. The van der Waals surface area contributed by atoms with Crippen LogP contribution in [0.15, 0.2) is 65.7 Å². The largest absolute Gasteiger partial charge is 0.255 e. The number of aryl methyl sites for hydroxylation is 2. The van der Waals surface area contributed by atoms with Crippen LogP contribution in [0.1, 0.15) is 11.1 Å². The van der Waals surface area contributed by atoms with Gasteiger partial charge in [0.05, 0.1) is 5.52 Å². The maximum atomic E-state index is 4.47. The molecule has 0 aliphatic rings. The standard InChI is InChI=1S/C17H15NS/c19-16-8-4-7-15-14(11-12-18-17(15)16)10-9-13-5-2-1-3-6-13/h1-8,11-12,19H,9-10H2. The second-order valence-corrected chi connectivity index (χ2v) is 5.11. The number of para-hydroxylation sites is 1. The molecule has 0 amide bonds. The van der Waals surface area contributed by atoms with Gasteiger partial charge in [-0.25, -0.2) is 0 Å². The van der Waals surface area contributed by atoms with E-state index in [1.807, 2.05) is 18.3 Å². The van der Waals surface area contributed by atoms with Crippen molar-refractivity contribution < 1.29 is 0 Å². The highest BCUT2D eigenvalue weighted by Gasteiger charge is 2.04. The molecule has 0 atom stereocenters. The molecule has 2 heteroatoms. The predicted molar refractivity (Wildman–Crippen MR) is 82.8 cm³/mol. The number of aromatic nitrogens is 1. The smallest absolute Gasteiger partial charge is 0.0837 e. The summed E-state index contributed by atoms with van der Waals surface area (Å²) in [6.45, 7) is 0. The third-order valence-electron chi connectivity index (χ3n) is 3.37. The molecule has 0 saturated heterocycles. The van der Waals surface area contributed by atoms with Gasteiger partial charge in [0.2, 0.25) is 0 Å². The van der Waals surface area contributed by atoms with Gasteiger partial charge in [0.15, 0.2) is 0 Å². The topological polar surface area (TPSA) is 12.9 Å². The lowest BCUT2D eigenvalue weighted by Gasteiger charge is -2.07. The average Bonchev–Trinajstić information content (AvgIpc) is 2.47. The fourth-order valence-corrected chi connectivity index (χ4v) is 2.62. The molecule has 1 nitrogen and oxygen atoms in total. The molecule has 0 saturated carbocycles. The average molecular weight is 265 g/mol. The van der Waals surface area contributed by atoms with Crippen molar-refractivity contribution in [3.8, 4) is 0 Å². The number of fused-ring (bicyclic) bond motifs is 1. The minimum absolute atomic E-state index is 0.944. The van der Waals surface area contributed by atoms with Crippen molar-refractivity contribution in [2.45, 2.75) is 17.7 Å². The first-order valence-corrected chi connectivity index (χ1v) is 6.89. The second-order valence-electron chi connectivity index (χ2n) is 4.63. The van der Waals surface area contributed by atoms with Gasteiger partial charge in [0.1, 0.15) is 0 Å². The van der Waals surface area contributed by atoms with Gasteiger partial charge in [-0.3, -0.25) is 4.98 Å². The van der Waals surface area contributed by atoms with E-state index in [1.54, 1.807) is 0 Å². The highest BCUT2D eigenvalue weighted by Crippen LogP contribution is 2.23. The lowest BCUT2D eigenvalue weighted by atomic mass is 10.0. The van der Waals surface area contributed by atoms with Crippen LogP contribution in [0.4, 0.5) is 0 Å². The number of hydrogen-bond donors (Lipinski definition) is 1. The third-order valence-corrected chi connectivity index (χ3v) is 3.73. The van der Waals surface area contributed by atoms with E-state index >= 15 is 0 Å². The van der Waals surface area contributed by atoms with Crippen LogP contribution in [0.5, 0.6) is 0 Å². The minimum atomic E-state index is 0.944.